The minimum absolute atomic E-state index is 0.223. The Hall–Kier alpha value is -2.66. The maximum Gasteiger partial charge on any atom is 0.258 e. The molecule has 0 radical (unpaired) electrons. The number of carbonyl (C=O) groups excluding carboxylic acids is 1. The molecule has 0 spiro atoms. The molecule has 1 amide bonds. The van der Waals surface area contributed by atoms with Crippen LogP contribution in [0.15, 0.2) is 48.5 Å². The third-order valence-corrected chi connectivity index (χ3v) is 3.36. The van der Waals surface area contributed by atoms with E-state index in [9.17, 15) is 4.79 Å². The van der Waals surface area contributed by atoms with Crippen molar-refractivity contribution in [3.8, 4) is 11.4 Å². The van der Waals surface area contributed by atoms with Crippen LogP contribution in [0.2, 0.25) is 5.02 Å². The highest BCUT2D eigenvalue weighted by molar-refractivity contribution is 6.31. The lowest BCUT2D eigenvalue weighted by Crippen LogP contribution is -2.12. The van der Waals surface area contributed by atoms with E-state index in [1.807, 2.05) is 31.2 Å². The molecule has 1 aromatic heterocycles. The maximum absolute atomic E-state index is 12.1. The molecule has 5 nitrogen and oxygen atoms in total. The van der Waals surface area contributed by atoms with E-state index in [0.717, 1.165) is 11.1 Å². The first-order valence-corrected chi connectivity index (χ1v) is 7.06. The number of aryl methyl sites for hydroxylation is 1. The number of hydrogen-bond donors (Lipinski definition) is 2. The summed E-state index contributed by atoms with van der Waals surface area (Å²) in [4.78, 5) is 16.4. The number of nitrogens with one attached hydrogen (secondary N) is 2. The number of aromatic amines is 1. The number of anilines is 1. The van der Waals surface area contributed by atoms with Crippen LogP contribution < -0.4 is 5.32 Å². The standard InChI is InChI=1S/C16H13ClN4O/c1-10-5-7-11(8-6-10)14-18-16(21-20-14)19-15(22)12-3-2-4-13(17)9-12/h2-9H,1H3,(H2,18,19,20,21,22). The summed E-state index contributed by atoms with van der Waals surface area (Å²) in [6, 6.07) is 14.5. The number of amides is 1. The Morgan fingerprint density at radius 2 is 1.95 bits per heavy atom. The second-order valence-corrected chi connectivity index (χ2v) is 5.27. The number of nitrogens with zero attached hydrogens (tertiary/aromatic N) is 2. The third kappa shape index (κ3) is 3.15. The Morgan fingerprint density at radius 1 is 1.18 bits per heavy atom. The van der Waals surface area contributed by atoms with Gasteiger partial charge in [-0.25, -0.2) is 0 Å². The van der Waals surface area contributed by atoms with Gasteiger partial charge in [0.05, 0.1) is 0 Å². The SMILES string of the molecule is Cc1ccc(-c2nc(NC(=O)c3cccc(Cl)c3)n[nH]2)cc1. The molecule has 3 rings (SSSR count). The van der Waals surface area contributed by atoms with Gasteiger partial charge in [0, 0.05) is 16.1 Å². The van der Waals surface area contributed by atoms with Crippen LogP contribution in [-0.2, 0) is 0 Å². The van der Waals surface area contributed by atoms with Crippen molar-refractivity contribution in [2.24, 2.45) is 0 Å². The number of aromatic nitrogens is 3. The molecule has 2 aromatic carbocycles. The second kappa shape index (κ2) is 5.99. The lowest BCUT2D eigenvalue weighted by molar-refractivity contribution is 0.102. The quantitative estimate of drug-likeness (QED) is 0.775. The third-order valence-electron chi connectivity index (χ3n) is 3.12. The zero-order chi connectivity index (χ0) is 15.5. The van der Waals surface area contributed by atoms with Gasteiger partial charge in [-0.1, -0.05) is 47.5 Å². The molecule has 0 atom stereocenters. The van der Waals surface area contributed by atoms with Crippen LogP contribution in [0.1, 0.15) is 15.9 Å². The molecule has 0 unspecified atom stereocenters. The first-order valence-electron chi connectivity index (χ1n) is 6.68. The van der Waals surface area contributed by atoms with Gasteiger partial charge in [-0.2, -0.15) is 4.98 Å². The fourth-order valence-electron chi connectivity index (χ4n) is 1.96. The van der Waals surface area contributed by atoms with Crippen molar-refractivity contribution >= 4 is 23.5 Å². The largest absolute Gasteiger partial charge is 0.289 e. The molecule has 0 aliphatic heterocycles. The first kappa shape index (κ1) is 14.3. The molecule has 2 N–H and O–H groups in total. The summed E-state index contributed by atoms with van der Waals surface area (Å²) in [5.41, 5.74) is 2.52. The summed E-state index contributed by atoms with van der Waals surface area (Å²) in [6.07, 6.45) is 0. The van der Waals surface area contributed by atoms with E-state index in [1.165, 1.54) is 0 Å². The summed E-state index contributed by atoms with van der Waals surface area (Å²) in [5, 5.41) is 9.95. The average Bonchev–Trinajstić information content (AvgIpc) is 2.96. The fourth-order valence-corrected chi connectivity index (χ4v) is 2.15. The lowest BCUT2D eigenvalue weighted by Gasteiger charge is -2.01. The molecule has 0 fully saturated rings. The van der Waals surface area contributed by atoms with Crippen molar-refractivity contribution in [3.63, 3.8) is 0 Å². The molecule has 0 aliphatic carbocycles. The van der Waals surface area contributed by atoms with E-state index in [2.05, 4.69) is 20.5 Å². The zero-order valence-electron chi connectivity index (χ0n) is 11.8. The Kier molecular flexibility index (Phi) is 3.89. The number of rotatable bonds is 3. The van der Waals surface area contributed by atoms with E-state index >= 15 is 0 Å². The number of H-pyrrole nitrogens is 1. The first-order chi connectivity index (χ1) is 10.6. The molecule has 22 heavy (non-hydrogen) atoms. The molecule has 0 aliphatic rings. The van der Waals surface area contributed by atoms with Crippen molar-refractivity contribution in [2.45, 2.75) is 6.92 Å². The molecule has 1 heterocycles. The topological polar surface area (TPSA) is 70.7 Å². The van der Waals surface area contributed by atoms with E-state index in [0.29, 0.717) is 16.4 Å². The monoisotopic (exact) mass is 312 g/mol. The minimum Gasteiger partial charge on any atom is -0.289 e. The molecular formula is C16H13ClN4O. The van der Waals surface area contributed by atoms with Crippen molar-refractivity contribution < 1.29 is 4.79 Å². The van der Waals surface area contributed by atoms with Crippen LogP contribution in [0.5, 0.6) is 0 Å². The van der Waals surface area contributed by atoms with E-state index in [4.69, 9.17) is 11.6 Å². The van der Waals surface area contributed by atoms with E-state index < -0.39 is 0 Å². The number of carbonyl (C=O) groups is 1. The zero-order valence-corrected chi connectivity index (χ0v) is 12.6. The lowest BCUT2D eigenvalue weighted by atomic mass is 10.1. The van der Waals surface area contributed by atoms with Crippen LogP contribution in [0.25, 0.3) is 11.4 Å². The van der Waals surface area contributed by atoms with E-state index in [1.54, 1.807) is 24.3 Å². The minimum atomic E-state index is -0.308. The van der Waals surface area contributed by atoms with Crippen LogP contribution in [0.4, 0.5) is 5.95 Å². The van der Waals surface area contributed by atoms with Crippen molar-refractivity contribution in [3.05, 3.63) is 64.7 Å². The predicted octanol–water partition coefficient (Wildman–Crippen LogP) is 3.69. The summed E-state index contributed by atoms with van der Waals surface area (Å²) in [6.45, 7) is 2.01. The highest BCUT2D eigenvalue weighted by Gasteiger charge is 2.11. The van der Waals surface area contributed by atoms with Gasteiger partial charge in [0.2, 0.25) is 5.95 Å². The fraction of sp³-hybridized carbons (Fsp3) is 0.0625. The van der Waals surface area contributed by atoms with Gasteiger partial charge in [-0.3, -0.25) is 15.2 Å². The second-order valence-electron chi connectivity index (χ2n) is 4.84. The van der Waals surface area contributed by atoms with Gasteiger partial charge >= 0.3 is 0 Å². The van der Waals surface area contributed by atoms with Gasteiger partial charge in [0.15, 0.2) is 5.82 Å². The van der Waals surface area contributed by atoms with Gasteiger partial charge < -0.3 is 0 Å². The Labute approximate surface area is 132 Å². The summed E-state index contributed by atoms with van der Waals surface area (Å²) >= 11 is 5.87. The normalized spacial score (nSPS) is 10.5. The van der Waals surface area contributed by atoms with Crippen LogP contribution in [0, 0.1) is 6.92 Å². The maximum atomic E-state index is 12.1. The average molecular weight is 313 g/mol. The summed E-state index contributed by atoms with van der Waals surface area (Å²) < 4.78 is 0. The van der Waals surface area contributed by atoms with E-state index in [-0.39, 0.29) is 11.9 Å². The molecule has 3 aromatic rings. The Bertz CT molecular complexity index is 811. The highest BCUT2D eigenvalue weighted by atomic mass is 35.5. The molecule has 0 bridgehead atoms. The van der Waals surface area contributed by atoms with Crippen LogP contribution in [-0.4, -0.2) is 21.1 Å². The van der Waals surface area contributed by atoms with Crippen molar-refractivity contribution in [2.75, 3.05) is 5.32 Å². The molecule has 6 heteroatoms. The smallest absolute Gasteiger partial charge is 0.258 e. The number of benzene rings is 2. The highest BCUT2D eigenvalue weighted by Crippen LogP contribution is 2.17. The van der Waals surface area contributed by atoms with Crippen LogP contribution in [0.3, 0.4) is 0 Å². The van der Waals surface area contributed by atoms with Gasteiger partial charge in [-0.05, 0) is 25.1 Å². The van der Waals surface area contributed by atoms with Crippen molar-refractivity contribution in [1.29, 1.82) is 0 Å². The Morgan fingerprint density at radius 3 is 2.68 bits per heavy atom. The molecule has 0 saturated carbocycles. The number of halogens is 1. The van der Waals surface area contributed by atoms with Crippen LogP contribution >= 0.6 is 11.6 Å². The summed E-state index contributed by atoms with van der Waals surface area (Å²) in [5.74, 6) is 0.513. The van der Waals surface area contributed by atoms with Gasteiger partial charge in [0.25, 0.3) is 5.91 Å². The summed E-state index contributed by atoms with van der Waals surface area (Å²) in [7, 11) is 0. The van der Waals surface area contributed by atoms with Crippen molar-refractivity contribution in [1.82, 2.24) is 15.2 Å². The molecular weight excluding hydrogens is 300 g/mol. The predicted molar refractivity (Wildman–Crippen MR) is 86.0 cm³/mol. The molecule has 0 saturated heterocycles. The number of hydrogen-bond acceptors (Lipinski definition) is 3. The molecule has 110 valence electrons. The Balaban J connectivity index is 1.77. The van der Waals surface area contributed by atoms with Gasteiger partial charge in [0.1, 0.15) is 0 Å². The van der Waals surface area contributed by atoms with Gasteiger partial charge in [-0.15, -0.1) is 5.10 Å².